The molecule has 0 aliphatic carbocycles. The van der Waals surface area contributed by atoms with Gasteiger partial charge in [-0.1, -0.05) is 11.6 Å². The molecule has 1 aromatic rings. The highest BCUT2D eigenvalue weighted by Gasteiger charge is 2.18. The van der Waals surface area contributed by atoms with Crippen LogP contribution in [0.15, 0.2) is 6.20 Å². The summed E-state index contributed by atoms with van der Waals surface area (Å²) < 4.78 is 25.1. The van der Waals surface area contributed by atoms with Gasteiger partial charge in [-0.25, -0.2) is 13.8 Å². The molecule has 1 heterocycles. The third-order valence-corrected chi connectivity index (χ3v) is 2.50. The summed E-state index contributed by atoms with van der Waals surface area (Å²) in [7, 11) is 0. The van der Waals surface area contributed by atoms with Crippen molar-refractivity contribution in [3.63, 3.8) is 0 Å². The summed E-state index contributed by atoms with van der Waals surface area (Å²) in [6.45, 7) is 0. The number of pyridine rings is 1. The third kappa shape index (κ3) is 2.55. The highest BCUT2D eigenvalue weighted by molar-refractivity contribution is 6.31. The first-order valence-corrected chi connectivity index (χ1v) is 4.90. The minimum absolute atomic E-state index is 0.0383. The Morgan fingerprint density at radius 1 is 1.47 bits per heavy atom. The molecule has 0 bridgehead atoms. The van der Waals surface area contributed by atoms with Crippen molar-refractivity contribution in [1.82, 2.24) is 4.98 Å². The summed E-state index contributed by atoms with van der Waals surface area (Å²) in [5.41, 5.74) is 0.205. The van der Waals surface area contributed by atoms with Crippen LogP contribution < -0.4 is 0 Å². The van der Waals surface area contributed by atoms with E-state index < -0.39 is 6.43 Å². The lowest BCUT2D eigenvalue weighted by Crippen LogP contribution is -2.02. The van der Waals surface area contributed by atoms with Gasteiger partial charge < -0.3 is 0 Å². The standard InChI is InChI=1S/C9H6Cl2F2N2/c10-3-6-5(1-2-14)7(9(12)13)4-15-8(6)11/h4,9H,1,3H2. The minimum atomic E-state index is -2.68. The van der Waals surface area contributed by atoms with Crippen LogP contribution in [0.2, 0.25) is 5.15 Å². The topological polar surface area (TPSA) is 36.7 Å². The Hall–Kier alpha value is -0.920. The van der Waals surface area contributed by atoms with Gasteiger partial charge in [0.25, 0.3) is 6.43 Å². The number of alkyl halides is 3. The second kappa shape index (κ2) is 5.24. The molecule has 0 saturated carbocycles. The van der Waals surface area contributed by atoms with E-state index in [2.05, 4.69) is 4.98 Å². The summed E-state index contributed by atoms with van der Waals surface area (Å²) >= 11 is 11.3. The second-order valence-corrected chi connectivity index (χ2v) is 3.36. The molecule has 0 radical (unpaired) electrons. The smallest absolute Gasteiger partial charge is 0.244 e. The molecule has 0 N–H and O–H groups in total. The maximum Gasteiger partial charge on any atom is 0.265 e. The number of aromatic nitrogens is 1. The first-order valence-electron chi connectivity index (χ1n) is 3.99. The average Bonchev–Trinajstić information content (AvgIpc) is 2.18. The number of nitriles is 1. The fourth-order valence-electron chi connectivity index (χ4n) is 1.19. The van der Waals surface area contributed by atoms with Gasteiger partial charge in [0, 0.05) is 17.3 Å². The number of nitrogens with zero attached hydrogens (tertiary/aromatic N) is 2. The molecule has 0 amide bonds. The molecular formula is C9H6Cl2F2N2. The van der Waals surface area contributed by atoms with E-state index in [0.29, 0.717) is 5.56 Å². The normalized spacial score (nSPS) is 10.4. The maximum absolute atomic E-state index is 12.6. The Kier molecular flexibility index (Phi) is 4.25. The van der Waals surface area contributed by atoms with Gasteiger partial charge in [0.15, 0.2) is 0 Å². The van der Waals surface area contributed by atoms with E-state index in [0.717, 1.165) is 6.20 Å². The monoisotopic (exact) mass is 250 g/mol. The SMILES string of the molecule is N#CCc1c(C(F)F)cnc(Cl)c1CCl. The molecule has 1 aromatic heterocycles. The molecule has 0 aromatic carbocycles. The zero-order valence-corrected chi connectivity index (χ0v) is 8.99. The Morgan fingerprint density at radius 2 is 2.13 bits per heavy atom. The van der Waals surface area contributed by atoms with Gasteiger partial charge in [-0.15, -0.1) is 11.6 Å². The first kappa shape index (κ1) is 12.2. The zero-order valence-electron chi connectivity index (χ0n) is 7.48. The molecular weight excluding hydrogens is 245 g/mol. The van der Waals surface area contributed by atoms with Crippen LogP contribution in [0.1, 0.15) is 23.1 Å². The summed E-state index contributed by atoms with van der Waals surface area (Å²) in [6.07, 6.45) is -1.85. The first-order chi connectivity index (χ1) is 7.11. The lowest BCUT2D eigenvalue weighted by Gasteiger charge is -2.10. The van der Waals surface area contributed by atoms with Crippen molar-refractivity contribution in [2.45, 2.75) is 18.7 Å². The van der Waals surface area contributed by atoms with Crippen molar-refractivity contribution >= 4 is 23.2 Å². The number of rotatable bonds is 3. The fourth-order valence-corrected chi connectivity index (χ4v) is 1.78. The van der Waals surface area contributed by atoms with E-state index in [4.69, 9.17) is 28.5 Å². The van der Waals surface area contributed by atoms with Crippen molar-refractivity contribution in [2.24, 2.45) is 0 Å². The van der Waals surface area contributed by atoms with E-state index >= 15 is 0 Å². The molecule has 0 unspecified atom stereocenters. The highest BCUT2D eigenvalue weighted by Crippen LogP contribution is 2.29. The zero-order chi connectivity index (χ0) is 11.4. The molecule has 0 fully saturated rings. The van der Waals surface area contributed by atoms with Crippen LogP contribution in [0.5, 0.6) is 0 Å². The minimum Gasteiger partial charge on any atom is -0.244 e. The van der Waals surface area contributed by atoms with E-state index in [1.807, 2.05) is 0 Å². The molecule has 1 rings (SSSR count). The Morgan fingerprint density at radius 3 is 2.60 bits per heavy atom. The van der Waals surface area contributed by atoms with Crippen LogP contribution in [-0.2, 0) is 12.3 Å². The second-order valence-electron chi connectivity index (χ2n) is 2.73. The van der Waals surface area contributed by atoms with Crippen molar-refractivity contribution in [3.05, 3.63) is 28.0 Å². The van der Waals surface area contributed by atoms with Gasteiger partial charge in [0.05, 0.1) is 18.4 Å². The van der Waals surface area contributed by atoms with Crippen molar-refractivity contribution in [1.29, 1.82) is 5.26 Å². The van der Waals surface area contributed by atoms with E-state index in [-0.39, 0.29) is 28.6 Å². The predicted molar refractivity (Wildman–Crippen MR) is 53.1 cm³/mol. The molecule has 0 spiro atoms. The lowest BCUT2D eigenvalue weighted by molar-refractivity contribution is 0.150. The van der Waals surface area contributed by atoms with Gasteiger partial charge >= 0.3 is 0 Å². The molecule has 0 aliphatic heterocycles. The van der Waals surface area contributed by atoms with Gasteiger partial charge in [-0.3, -0.25) is 0 Å². The van der Waals surface area contributed by atoms with Crippen LogP contribution >= 0.6 is 23.2 Å². The van der Waals surface area contributed by atoms with Gasteiger partial charge in [0.1, 0.15) is 5.15 Å². The van der Waals surface area contributed by atoms with E-state index in [1.165, 1.54) is 0 Å². The van der Waals surface area contributed by atoms with Gasteiger partial charge in [0.2, 0.25) is 0 Å². The molecule has 0 atom stereocenters. The molecule has 2 nitrogen and oxygen atoms in total. The lowest BCUT2D eigenvalue weighted by atomic mass is 10.0. The summed E-state index contributed by atoms with van der Waals surface area (Å²) in [4.78, 5) is 3.61. The van der Waals surface area contributed by atoms with Crippen LogP contribution in [0.4, 0.5) is 8.78 Å². The predicted octanol–water partition coefficient (Wildman–Crippen LogP) is 3.48. The van der Waals surface area contributed by atoms with E-state index in [9.17, 15) is 8.78 Å². The molecule has 0 saturated heterocycles. The Balaban J connectivity index is 3.36. The van der Waals surface area contributed by atoms with Crippen molar-refractivity contribution in [3.8, 4) is 6.07 Å². The number of halogens is 4. The van der Waals surface area contributed by atoms with Crippen LogP contribution in [0.25, 0.3) is 0 Å². The van der Waals surface area contributed by atoms with Crippen LogP contribution in [0.3, 0.4) is 0 Å². The summed E-state index contributed by atoms with van der Waals surface area (Å²) in [6, 6.07) is 1.80. The van der Waals surface area contributed by atoms with Crippen LogP contribution in [0, 0.1) is 11.3 Å². The van der Waals surface area contributed by atoms with Gasteiger partial charge in [-0.2, -0.15) is 5.26 Å². The molecule has 0 aliphatic rings. The highest BCUT2D eigenvalue weighted by atomic mass is 35.5. The summed E-state index contributed by atoms with van der Waals surface area (Å²) in [5, 5.41) is 8.60. The van der Waals surface area contributed by atoms with Crippen molar-refractivity contribution in [2.75, 3.05) is 0 Å². The number of hydrogen-bond acceptors (Lipinski definition) is 2. The Labute approximate surface area is 95.4 Å². The molecule has 15 heavy (non-hydrogen) atoms. The Bertz CT molecular complexity index is 402. The number of hydrogen-bond donors (Lipinski definition) is 0. The quantitative estimate of drug-likeness (QED) is 0.609. The third-order valence-electron chi connectivity index (χ3n) is 1.90. The molecule has 6 heteroatoms. The van der Waals surface area contributed by atoms with Gasteiger partial charge in [-0.05, 0) is 5.56 Å². The molecule has 80 valence electrons. The summed E-state index contributed by atoms with van der Waals surface area (Å²) in [5.74, 6) is -0.0383. The van der Waals surface area contributed by atoms with Crippen LogP contribution in [-0.4, -0.2) is 4.98 Å². The van der Waals surface area contributed by atoms with Crippen molar-refractivity contribution < 1.29 is 8.78 Å². The maximum atomic E-state index is 12.6. The largest absolute Gasteiger partial charge is 0.265 e. The van der Waals surface area contributed by atoms with E-state index in [1.54, 1.807) is 6.07 Å². The average molecular weight is 251 g/mol. The fraction of sp³-hybridized carbons (Fsp3) is 0.333.